The van der Waals surface area contributed by atoms with Crippen LogP contribution in [0.25, 0.3) is 22.1 Å². The summed E-state index contributed by atoms with van der Waals surface area (Å²) in [5.74, 6) is -0.136. The Kier molecular flexibility index (Phi) is 4.64. The number of para-hydroxylation sites is 1. The molecule has 0 amide bonds. The Morgan fingerprint density at radius 3 is 2.70 bits per heavy atom. The van der Waals surface area contributed by atoms with E-state index in [4.69, 9.17) is 20.8 Å². The number of ether oxygens (including phenoxy) is 1. The maximum Gasteiger partial charge on any atom is 0.376 e. The third-order valence-electron chi connectivity index (χ3n) is 4.05. The van der Waals surface area contributed by atoms with Crippen molar-refractivity contribution in [3.63, 3.8) is 0 Å². The molecule has 0 aliphatic carbocycles. The van der Waals surface area contributed by atoms with Crippen LogP contribution in [0.15, 0.2) is 52.9 Å². The van der Waals surface area contributed by atoms with Gasteiger partial charge in [-0.1, -0.05) is 35.9 Å². The monoisotopic (exact) mass is 381 g/mol. The molecule has 27 heavy (non-hydrogen) atoms. The van der Waals surface area contributed by atoms with Crippen LogP contribution < -0.4 is 5.32 Å². The summed E-state index contributed by atoms with van der Waals surface area (Å²) < 4.78 is 11.0. The highest BCUT2D eigenvalue weighted by Gasteiger charge is 2.19. The van der Waals surface area contributed by atoms with E-state index in [0.717, 1.165) is 10.9 Å². The van der Waals surface area contributed by atoms with Crippen molar-refractivity contribution in [2.75, 3.05) is 11.9 Å². The second-order valence-corrected chi connectivity index (χ2v) is 6.31. The van der Waals surface area contributed by atoms with Gasteiger partial charge in [-0.25, -0.2) is 14.8 Å². The van der Waals surface area contributed by atoms with Gasteiger partial charge in [-0.3, -0.25) is 0 Å². The van der Waals surface area contributed by atoms with Crippen molar-refractivity contribution in [1.29, 1.82) is 0 Å². The van der Waals surface area contributed by atoms with E-state index in [9.17, 15) is 4.79 Å². The summed E-state index contributed by atoms with van der Waals surface area (Å²) >= 11 is 5.93. The Morgan fingerprint density at radius 2 is 1.93 bits per heavy atom. The predicted octanol–water partition coefficient (Wildman–Crippen LogP) is 4.82. The molecule has 7 heteroatoms. The number of esters is 1. The highest BCUT2D eigenvalue weighted by Crippen LogP contribution is 2.31. The van der Waals surface area contributed by atoms with Crippen LogP contribution in [-0.4, -0.2) is 22.5 Å². The summed E-state index contributed by atoms with van der Waals surface area (Å²) in [5, 5.41) is 4.71. The zero-order valence-electron chi connectivity index (χ0n) is 14.5. The number of benzene rings is 2. The molecule has 2 heterocycles. The number of nitrogens with one attached hydrogen (secondary N) is 1. The van der Waals surface area contributed by atoms with Crippen LogP contribution >= 0.6 is 11.6 Å². The number of carbonyl (C=O) groups is 1. The van der Waals surface area contributed by atoms with E-state index in [2.05, 4.69) is 15.3 Å². The molecule has 1 N–H and O–H groups in total. The molecule has 6 nitrogen and oxygen atoms in total. The smallest absolute Gasteiger partial charge is 0.376 e. The summed E-state index contributed by atoms with van der Waals surface area (Å²) in [6, 6.07) is 15.0. The van der Waals surface area contributed by atoms with Crippen molar-refractivity contribution in [3.8, 4) is 0 Å². The minimum atomic E-state index is -0.570. The van der Waals surface area contributed by atoms with Crippen molar-refractivity contribution in [2.24, 2.45) is 0 Å². The first-order valence-electron chi connectivity index (χ1n) is 8.50. The van der Waals surface area contributed by atoms with Gasteiger partial charge < -0.3 is 14.5 Å². The molecule has 4 rings (SSSR count). The van der Waals surface area contributed by atoms with Gasteiger partial charge in [0.05, 0.1) is 6.61 Å². The van der Waals surface area contributed by atoms with E-state index >= 15 is 0 Å². The Bertz CT molecular complexity index is 1120. The van der Waals surface area contributed by atoms with E-state index in [1.54, 1.807) is 6.92 Å². The quantitative estimate of drug-likeness (QED) is 0.499. The van der Waals surface area contributed by atoms with Crippen LogP contribution in [0.2, 0.25) is 5.02 Å². The van der Waals surface area contributed by atoms with Crippen molar-refractivity contribution in [2.45, 2.75) is 13.5 Å². The third-order valence-corrected chi connectivity index (χ3v) is 4.30. The maximum atomic E-state index is 12.2. The van der Waals surface area contributed by atoms with E-state index in [1.165, 1.54) is 0 Å². The van der Waals surface area contributed by atoms with E-state index in [-0.39, 0.29) is 12.4 Å². The highest BCUT2D eigenvalue weighted by atomic mass is 35.5. The number of rotatable bonds is 5. The minimum Gasteiger partial charge on any atom is -0.460 e. The molecule has 0 spiro atoms. The number of fused-ring (bicyclic) bond motifs is 3. The number of hydrogen-bond donors (Lipinski definition) is 1. The van der Waals surface area contributed by atoms with Crippen molar-refractivity contribution in [1.82, 2.24) is 9.97 Å². The second-order valence-electron chi connectivity index (χ2n) is 5.87. The van der Waals surface area contributed by atoms with Gasteiger partial charge in [0.1, 0.15) is 11.1 Å². The number of nitrogens with zero attached hydrogens (tertiary/aromatic N) is 2. The van der Waals surface area contributed by atoms with Gasteiger partial charge in [-0.05, 0) is 36.8 Å². The molecule has 0 saturated carbocycles. The fraction of sp³-hybridized carbons (Fsp3) is 0.150. The lowest BCUT2D eigenvalue weighted by atomic mass is 10.2. The summed E-state index contributed by atoms with van der Waals surface area (Å²) in [6.45, 7) is 2.48. The molecule has 2 aromatic heterocycles. The molecule has 0 aliphatic rings. The Labute approximate surface area is 160 Å². The van der Waals surface area contributed by atoms with E-state index in [0.29, 0.717) is 34.1 Å². The summed E-state index contributed by atoms with van der Waals surface area (Å²) in [7, 11) is 0. The predicted molar refractivity (Wildman–Crippen MR) is 104 cm³/mol. The molecule has 2 aromatic carbocycles. The topological polar surface area (TPSA) is 77.2 Å². The van der Waals surface area contributed by atoms with Crippen LogP contribution in [0.1, 0.15) is 23.1 Å². The lowest BCUT2D eigenvalue weighted by Gasteiger charge is -2.08. The molecule has 0 unspecified atom stereocenters. The minimum absolute atomic E-state index is 0.00508. The zero-order valence-corrected chi connectivity index (χ0v) is 15.3. The number of furan rings is 1. The highest BCUT2D eigenvalue weighted by molar-refractivity contribution is 6.30. The zero-order chi connectivity index (χ0) is 18.8. The van der Waals surface area contributed by atoms with Crippen LogP contribution in [-0.2, 0) is 11.3 Å². The van der Waals surface area contributed by atoms with Gasteiger partial charge >= 0.3 is 5.97 Å². The first-order valence-corrected chi connectivity index (χ1v) is 8.88. The largest absolute Gasteiger partial charge is 0.460 e. The standard InChI is InChI=1S/C20H16ClN3O3/c1-2-26-20(25)19-23-16-14-5-3-4-6-15(14)27-17(16)18(24-19)22-11-12-7-9-13(21)10-8-12/h3-10H,2,11H2,1H3,(H,22,23,24). The fourth-order valence-electron chi connectivity index (χ4n) is 2.79. The molecule has 0 atom stereocenters. The number of carbonyl (C=O) groups excluding carboxylic acids is 1. The van der Waals surface area contributed by atoms with Crippen LogP contribution in [0.3, 0.4) is 0 Å². The first-order chi connectivity index (χ1) is 13.2. The molecule has 0 radical (unpaired) electrons. The van der Waals surface area contributed by atoms with Gasteiger partial charge in [0.2, 0.25) is 5.82 Å². The average molecular weight is 382 g/mol. The number of aromatic nitrogens is 2. The molecule has 0 fully saturated rings. The first kappa shape index (κ1) is 17.3. The van der Waals surface area contributed by atoms with E-state index in [1.807, 2.05) is 48.5 Å². The molecular formula is C20H16ClN3O3. The van der Waals surface area contributed by atoms with Crippen LogP contribution in [0.4, 0.5) is 5.82 Å². The molecule has 0 bridgehead atoms. The summed E-state index contributed by atoms with van der Waals surface area (Å²) in [5.41, 5.74) is 2.76. The molecule has 4 aromatic rings. The number of anilines is 1. The maximum absolute atomic E-state index is 12.2. The second kappa shape index (κ2) is 7.25. The van der Waals surface area contributed by atoms with Gasteiger partial charge in [0.25, 0.3) is 0 Å². The van der Waals surface area contributed by atoms with Crippen molar-refractivity contribution >= 4 is 45.5 Å². The Hall–Kier alpha value is -3.12. The van der Waals surface area contributed by atoms with Crippen LogP contribution in [0.5, 0.6) is 0 Å². The normalized spacial score (nSPS) is 11.0. The fourth-order valence-corrected chi connectivity index (χ4v) is 2.91. The van der Waals surface area contributed by atoms with Gasteiger partial charge in [-0.15, -0.1) is 0 Å². The molecule has 136 valence electrons. The van der Waals surface area contributed by atoms with Crippen LogP contribution in [0, 0.1) is 0 Å². The van der Waals surface area contributed by atoms with Gasteiger partial charge in [-0.2, -0.15) is 0 Å². The van der Waals surface area contributed by atoms with Crippen molar-refractivity contribution in [3.05, 3.63) is 64.9 Å². The third kappa shape index (κ3) is 3.44. The number of halogens is 1. The molecular weight excluding hydrogens is 366 g/mol. The Balaban J connectivity index is 1.78. The van der Waals surface area contributed by atoms with E-state index < -0.39 is 5.97 Å². The van der Waals surface area contributed by atoms with Crippen molar-refractivity contribution < 1.29 is 13.9 Å². The lowest BCUT2D eigenvalue weighted by Crippen LogP contribution is -2.12. The Morgan fingerprint density at radius 1 is 1.15 bits per heavy atom. The number of hydrogen-bond acceptors (Lipinski definition) is 6. The average Bonchev–Trinajstić information content (AvgIpc) is 3.06. The van der Waals surface area contributed by atoms with Gasteiger partial charge in [0, 0.05) is 17.0 Å². The molecule has 0 saturated heterocycles. The van der Waals surface area contributed by atoms with Gasteiger partial charge in [0.15, 0.2) is 11.4 Å². The summed E-state index contributed by atoms with van der Waals surface area (Å²) in [6.07, 6.45) is 0. The SMILES string of the molecule is CCOC(=O)c1nc(NCc2ccc(Cl)cc2)c2oc3ccccc3c2n1. The molecule has 0 aliphatic heterocycles. The lowest BCUT2D eigenvalue weighted by molar-refractivity contribution is 0.0512. The summed E-state index contributed by atoms with van der Waals surface area (Å²) in [4.78, 5) is 20.9.